The molecule has 162 valence electrons. The van der Waals surface area contributed by atoms with Crippen molar-refractivity contribution in [2.24, 2.45) is 0 Å². The lowest BCUT2D eigenvalue weighted by Gasteiger charge is -2.11. The minimum absolute atomic E-state index is 0.0777. The van der Waals surface area contributed by atoms with E-state index < -0.39 is 0 Å². The van der Waals surface area contributed by atoms with Crippen molar-refractivity contribution >= 4 is 5.91 Å². The summed E-state index contributed by atoms with van der Waals surface area (Å²) in [5.74, 6) is 0.817. The third-order valence-corrected chi connectivity index (χ3v) is 4.92. The lowest BCUT2D eigenvalue weighted by Crippen LogP contribution is -2.23. The second-order valence-corrected chi connectivity index (χ2v) is 7.28. The van der Waals surface area contributed by atoms with Gasteiger partial charge >= 0.3 is 0 Å². The quantitative estimate of drug-likeness (QED) is 0.409. The Labute approximate surface area is 186 Å². The molecule has 2 heterocycles. The molecule has 7 nitrogen and oxygen atoms in total. The Bertz CT molecular complexity index is 1130. The number of rotatable bonds is 10. The summed E-state index contributed by atoms with van der Waals surface area (Å²) in [6.07, 6.45) is 3.99. The van der Waals surface area contributed by atoms with Crippen LogP contribution < -0.4 is 5.32 Å². The zero-order valence-corrected chi connectivity index (χ0v) is 17.6. The predicted octanol–water partition coefficient (Wildman–Crippen LogP) is 4.10. The number of hydrogen-bond donors (Lipinski definition) is 1. The molecule has 2 aromatic carbocycles. The van der Waals surface area contributed by atoms with E-state index in [1.54, 1.807) is 12.4 Å². The maximum atomic E-state index is 12.3. The van der Waals surface area contributed by atoms with E-state index in [9.17, 15) is 4.79 Å². The van der Waals surface area contributed by atoms with Gasteiger partial charge in [-0.1, -0.05) is 59.8 Å². The predicted molar refractivity (Wildman–Crippen MR) is 119 cm³/mol. The SMILES string of the molecule is O=C(CCc1nc(-c2cccnc2)no1)NCc1ccccc1COCc1ccccc1. The number of hydrogen-bond acceptors (Lipinski definition) is 6. The highest BCUT2D eigenvalue weighted by molar-refractivity contribution is 5.76. The van der Waals surface area contributed by atoms with Crippen molar-refractivity contribution in [2.45, 2.75) is 32.6 Å². The summed E-state index contributed by atoms with van der Waals surface area (Å²) < 4.78 is 11.1. The second-order valence-electron chi connectivity index (χ2n) is 7.28. The Hall–Kier alpha value is -3.84. The molecular formula is C25H24N4O3. The van der Waals surface area contributed by atoms with Crippen LogP contribution in [0.1, 0.15) is 29.0 Å². The number of ether oxygens (including phenoxy) is 1. The molecule has 0 fully saturated rings. The highest BCUT2D eigenvalue weighted by atomic mass is 16.5. The Morgan fingerprint density at radius 3 is 2.56 bits per heavy atom. The van der Waals surface area contributed by atoms with Crippen LogP contribution in [0.4, 0.5) is 0 Å². The summed E-state index contributed by atoms with van der Waals surface area (Å²) in [4.78, 5) is 20.7. The average molecular weight is 428 g/mol. The van der Waals surface area contributed by atoms with Gasteiger partial charge in [-0.2, -0.15) is 4.98 Å². The maximum Gasteiger partial charge on any atom is 0.227 e. The fraction of sp³-hybridized carbons (Fsp3) is 0.200. The number of aryl methyl sites for hydroxylation is 1. The fourth-order valence-corrected chi connectivity index (χ4v) is 3.20. The highest BCUT2D eigenvalue weighted by Gasteiger charge is 2.11. The monoisotopic (exact) mass is 428 g/mol. The molecule has 1 amide bonds. The Morgan fingerprint density at radius 2 is 1.75 bits per heavy atom. The van der Waals surface area contributed by atoms with E-state index in [0.29, 0.717) is 37.9 Å². The summed E-state index contributed by atoms with van der Waals surface area (Å²) in [6, 6.07) is 21.7. The number of nitrogens with zero attached hydrogens (tertiary/aromatic N) is 3. The second kappa shape index (κ2) is 11.0. The maximum absolute atomic E-state index is 12.3. The van der Waals surface area contributed by atoms with Gasteiger partial charge in [-0.15, -0.1) is 0 Å². The van der Waals surface area contributed by atoms with Crippen LogP contribution in [-0.2, 0) is 35.7 Å². The van der Waals surface area contributed by atoms with Crippen molar-refractivity contribution in [2.75, 3.05) is 0 Å². The molecule has 0 aliphatic heterocycles. The first-order valence-electron chi connectivity index (χ1n) is 10.5. The first-order valence-corrected chi connectivity index (χ1v) is 10.5. The van der Waals surface area contributed by atoms with Crippen molar-refractivity contribution in [3.63, 3.8) is 0 Å². The molecule has 2 aromatic heterocycles. The van der Waals surface area contributed by atoms with E-state index >= 15 is 0 Å². The molecule has 0 aliphatic rings. The topological polar surface area (TPSA) is 90.1 Å². The molecule has 32 heavy (non-hydrogen) atoms. The van der Waals surface area contributed by atoms with Crippen LogP contribution in [0.25, 0.3) is 11.4 Å². The number of pyridine rings is 1. The van der Waals surface area contributed by atoms with Crippen molar-refractivity contribution in [1.29, 1.82) is 0 Å². The van der Waals surface area contributed by atoms with Gasteiger partial charge in [0.2, 0.25) is 17.6 Å². The molecule has 0 bridgehead atoms. The van der Waals surface area contributed by atoms with E-state index in [1.807, 2.05) is 66.7 Å². The Balaban J connectivity index is 1.24. The Kier molecular flexibility index (Phi) is 7.34. The van der Waals surface area contributed by atoms with Gasteiger partial charge in [-0.25, -0.2) is 0 Å². The lowest BCUT2D eigenvalue weighted by atomic mass is 10.1. The van der Waals surface area contributed by atoms with Gasteiger partial charge in [0.15, 0.2) is 0 Å². The molecule has 0 unspecified atom stereocenters. The summed E-state index contributed by atoms with van der Waals surface area (Å²) in [5, 5.41) is 6.91. The van der Waals surface area contributed by atoms with Gasteiger partial charge in [-0.05, 0) is 28.8 Å². The van der Waals surface area contributed by atoms with Gasteiger partial charge in [0, 0.05) is 37.3 Å². The van der Waals surface area contributed by atoms with Crippen LogP contribution in [0.5, 0.6) is 0 Å². The molecule has 7 heteroatoms. The van der Waals surface area contributed by atoms with Gasteiger partial charge in [0.25, 0.3) is 0 Å². The molecule has 4 aromatic rings. The van der Waals surface area contributed by atoms with Crippen molar-refractivity contribution in [3.8, 4) is 11.4 Å². The Morgan fingerprint density at radius 1 is 0.938 bits per heavy atom. The number of carbonyl (C=O) groups excluding carboxylic acids is 1. The average Bonchev–Trinajstić information content (AvgIpc) is 3.32. The molecular weight excluding hydrogens is 404 g/mol. The van der Waals surface area contributed by atoms with Crippen LogP contribution in [0.2, 0.25) is 0 Å². The molecule has 1 N–H and O–H groups in total. The summed E-state index contributed by atoms with van der Waals surface area (Å²) in [5.41, 5.74) is 4.00. The van der Waals surface area contributed by atoms with Crippen LogP contribution in [0.3, 0.4) is 0 Å². The van der Waals surface area contributed by atoms with Crippen molar-refractivity contribution in [3.05, 3.63) is 102 Å². The molecule has 0 spiro atoms. The summed E-state index contributed by atoms with van der Waals surface area (Å²) >= 11 is 0. The number of amides is 1. The van der Waals surface area contributed by atoms with E-state index in [0.717, 1.165) is 22.3 Å². The van der Waals surface area contributed by atoms with Crippen LogP contribution in [0.15, 0.2) is 83.6 Å². The minimum atomic E-state index is -0.0777. The van der Waals surface area contributed by atoms with E-state index in [2.05, 4.69) is 20.4 Å². The summed E-state index contributed by atoms with van der Waals surface area (Å²) in [7, 11) is 0. The molecule has 0 atom stereocenters. The van der Waals surface area contributed by atoms with Gasteiger partial charge in [0.1, 0.15) is 0 Å². The van der Waals surface area contributed by atoms with E-state index in [4.69, 9.17) is 9.26 Å². The minimum Gasteiger partial charge on any atom is -0.372 e. The van der Waals surface area contributed by atoms with Gasteiger partial charge in [0.05, 0.1) is 13.2 Å². The number of aromatic nitrogens is 3. The molecule has 0 radical (unpaired) electrons. The van der Waals surface area contributed by atoms with Gasteiger partial charge < -0.3 is 14.6 Å². The lowest BCUT2D eigenvalue weighted by molar-refractivity contribution is -0.121. The summed E-state index contributed by atoms with van der Waals surface area (Å²) in [6.45, 7) is 1.47. The van der Waals surface area contributed by atoms with Crippen molar-refractivity contribution in [1.82, 2.24) is 20.4 Å². The first-order chi connectivity index (χ1) is 15.8. The van der Waals surface area contributed by atoms with E-state index in [1.165, 1.54) is 0 Å². The molecule has 4 rings (SSSR count). The van der Waals surface area contributed by atoms with Crippen LogP contribution >= 0.6 is 0 Å². The fourth-order valence-electron chi connectivity index (χ4n) is 3.20. The standard InChI is InChI=1S/C25H24N4O3/c30-23(12-13-24-28-25(29-32-24)21-11-6-14-26-15-21)27-16-20-9-4-5-10-22(20)18-31-17-19-7-2-1-3-8-19/h1-11,14-15H,12-13,16-18H2,(H,27,30). The van der Waals surface area contributed by atoms with Crippen LogP contribution in [0, 0.1) is 0 Å². The third kappa shape index (κ3) is 6.09. The zero-order valence-electron chi connectivity index (χ0n) is 17.6. The number of benzene rings is 2. The molecule has 0 aliphatic carbocycles. The smallest absolute Gasteiger partial charge is 0.227 e. The van der Waals surface area contributed by atoms with Gasteiger partial charge in [-0.3, -0.25) is 9.78 Å². The largest absolute Gasteiger partial charge is 0.372 e. The van der Waals surface area contributed by atoms with Crippen LogP contribution in [-0.4, -0.2) is 21.0 Å². The highest BCUT2D eigenvalue weighted by Crippen LogP contribution is 2.15. The number of nitrogens with one attached hydrogen (secondary N) is 1. The molecule has 0 saturated carbocycles. The zero-order chi connectivity index (χ0) is 22.0. The normalized spacial score (nSPS) is 10.8. The van der Waals surface area contributed by atoms with E-state index in [-0.39, 0.29) is 12.3 Å². The number of carbonyl (C=O) groups is 1. The van der Waals surface area contributed by atoms with Crippen molar-refractivity contribution < 1.29 is 14.1 Å². The first kappa shape index (κ1) is 21.4. The third-order valence-electron chi connectivity index (χ3n) is 4.92. The molecule has 0 saturated heterocycles.